The molecule has 0 aromatic heterocycles. The summed E-state index contributed by atoms with van der Waals surface area (Å²) in [5.41, 5.74) is 7.58. The molecule has 0 aliphatic heterocycles. The highest BCUT2D eigenvalue weighted by Gasteiger charge is 2.04. The zero-order valence-electron chi connectivity index (χ0n) is 5.49. The van der Waals surface area contributed by atoms with Crippen LogP contribution >= 0.6 is 23.2 Å². The summed E-state index contributed by atoms with van der Waals surface area (Å²) in [6.45, 7) is 1.93. The Morgan fingerprint density at radius 1 is 1.50 bits per heavy atom. The van der Waals surface area contributed by atoms with Gasteiger partial charge in [-0.15, -0.1) is 23.2 Å². The van der Waals surface area contributed by atoms with E-state index in [1.54, 1.807) is 6.08 Å². The predicted octanol–water partition coefficient (Wildman–Crippen LogP) is 2.99. The third-order valence-electron chi connectivity index (χ3n) is 1.14. The Bertz CT molecular complexity index is 259. The van der Waals surface area contributed by atoms with Crippen molar-refractivity contribution in [3.8, 4) is 0 Å². The molecule has 0 spiro atoms. The minimum atomic E-state index is -0.454. The van der Waals surface area contributed by atoms with Crippen LogP contribution in [-0.2, 0) is 0 Å². The Hall–Kier alpha value is -0.380. The van der Waals surface area contributed by atoms with Crippen molar-refractivity contribution in [2.45, 2.75) is 11.8 Å². The number of allylic oxidation sites excluding steroid dienone is 4. The molecule has 0 unspecified atom stereocenters. The van der Waals surface area contributed by atoms with E-state index in [1.165, 1.54) is 0 Å². The van der Waals surface area contributed by atoms with Crippen LogP contribution < -0.4 is 0 Å². The van der Waals surface area contributed by atoms with Gasteiger partial charge in [-0.05, 0) is 30.2 Å². The van der Waals surface area contributed by atoms with Gasteiger partial charge in [-0.25, -0.2) is 0 Å². The Morgan fingerprint density at radius 3 is 2.60 bits per heavy atom. The average Bonchev–Trinajstić information content (AvgIpc) is 1.88. The maximum absolute atomic E-state index is 5.61. The number of rotatable bonds is 1. The summed E-state index contributed by atoms with van der Waals surface area (Å²) in [6.07, 6.45) is 3.62. The van der Waals surface area contributed by atoms with Crippen molar-refractivity contribution < 1.29 is 0 Å². The Morgan fingerprint density at radius 2 is 2.20 bits per heavy atom. The van der Waals surface area contributed by atoms with Crippen LogP contribution in [0.3, 0.4) is 0 Å². The third kappa shape index (κ3) is 1.80. The molecule has 1 rings (SSSR count). The van der Waals surface area contributed by atoms with E-state index in [-0.39, 0.29) is 0 Å². The zero-order valence-corrected chi connectivity index (χ0v) is 7.00. The zero-order chi connectivity index (χ0) is 7.56. The fraction of sp³-hybridized carbons (Fsp3) is 0.250. The minimum absolute atomic E-state index is 0.454. The van der Waals surface area contributed by atoms with Gasteiger partial charge >= 0.3 is 0 Å². The van der Waals surface area contributed by atoms with Crippen LogP contribution in [0.25, 0.3) is 0 Å². The average molecular weight is 173 g/mol. The van der Waals surface area contributed by atoms with E-state index in [9.17, 15) is 0 Å². The van der Waals surface area contributed by atoms with Gasteiger partial charge in [-0.3, -0.25) is 0 Å². The van der Waals surface area contributed by atoms with Crippen molar-refractivity contribution in [2.75, 3.05) is 0 Å². The second-order valence-electron chi connectivity index (χ2n) is 2.04. The van der Waals surface area contributed by atoms with Gasteiger partial charge in [-0.1, -0.05) is 11.5 Å². The van der Waals surface area contributed by atoms with Crippen molar-refractivity contribution in [1.29, 1.82) is 0 Å². The van der Waals surface area contributed by atoms with E-state index in [0.29, 0.717) is 0 Å². The predicted molar refractivity (Wildman–Crippen MR) is 44.4 cm³/mol. The molecule has 0 saturated carbocycles. The fourth-order valence-electron chi connectivity index (χ4n) is 0.687. The molecular weight excluding hydrogens is 167 g/mol. The van der Waals surface area contributed by atoms with E-state index in [1.807, 2.05) is 13.0 Å². The van der Waals surface area contributed by atoms with Crippen molar-refractivity contribution >= 4 is 23.2 Å². The Kier molecular flexibility index (Phi) is 2.43. The molecule has 1 aliphatic rings. The van der Waals surface area contributed by atoms with Gasteiger partial charge in [-0.2, -0.15) is 0 Å². The lowest BCUT2D eigenvalue weighted by Crippen LogP contribution is -1.91. The highest BCUT2D eigenvalue weighted by Crippen LogP contribution is 2.18. The molecule has 0 heterocycles. The van der Waals surface area contributed by atoms with E-state index in [2.05, 4.69) is 11.5 Å². The summed E-state index contributed by atoms with van der Waals surface area (Å²) < 4.78 is 0. The molecular formula is C8H6Cl2. The summed E-state index contributed by atoms with van der Waals surface area (Å²) in [6, 6.07) is 0. The first kappa shape index (κ1) is 7.72. The maximum atomic E-state index is 5.61. The summed E-state index contributed by atoms with van der Waals surface area (Å²) in [5.74, 6) is 0. The maximum Gasteiger partial charge on any atom is 0.133 e. The second kappa shape index (κ2) is 3.14. The SMILES string of the molecule is CC1=C=C=CC(C(Cl)Cl)=C1. The molecule has 1 aliphatic carbocycles. The van der Waals surface area contributed by atoms with Gasteiger partial charge in [0.15, 0.2) is 0 Å². The number of halogens is 2. The molecule has 0 atom stereocenters. The van der Waals surface area contributed by atoms with E-state index < -0.39 is 4.84 Å². The number of alkyl halides is 2. The lowest BCUT2D eigenvalue weighted by Gasteiger charge is -2.01. The standard InChI is InChI=1S/C8H6Cl2/c1-6-3-2-4-7(5-6)8(9)10/h4-5,8H,1H3. The summed E-state index contributed by atoms with van der Waals surface area (Å²) >= 11 is 11.2. The van der Waals surface area contributed by atoms with Crippen LogP contribution in [0.1, 0.15) is 6.92 Å². The van der Waals surface area contributed by atoms with Crippen LogP contribution in [0.4, 0.5) is 0 Å². The van der Waals surface area contributed by atoms with Crippen LogP contribution in [0.2, 0.25) is 0 Å². The summed E-state index contributed by atoms with van der Waals surface area (Å²) in [5, 5.41) is 0. The lowest BCUT2D eigenvalue weighted by atomic mass is 10.1. The van der Waals surface area contributed by atoms with Crippen molar-refractivity contribution in [1.82, 2.24) is 0 Å². The monoisotopic (exact) mass is 172 g/mol. The van der Waals surface area contributed by atoms with Crippen LogP contribution in [-0.4, -0.2) is 4.84 Å². The van der Waals surface area contributed by atoms with E-state index >= 15 is 0 Å². The molecule has 0 N–H and O–H groups in total. The second-order valence-corrected chi connectivity index (χ2v) is 3.14. The normalized spacial score (nSPS) is 15.6. The molecule has 0 aromatic carbocycles. The summed E-state index contributed by atoms with van der Waals surface area (Å²) in [7, 11) is 0. The van der Waals surface area contributed by atoms with Gasteiger partial charge < -0.3 is 0 Å². The summed E-state index contributed by atoms with van der Waals surface area (Å²) in [4.78, 5) is -0.454. The minimum Gasteiger partial charge on any atom is -0.100 e. The van der Waals surface area contributed by atoms with Crippen molar-refractivity contribution in [3.05, 3.63) is 34.8 Å². The highest BCUT2D eigenvalue weighted by molar-refractivity contribution is 6.46. The molecule has 0 saturated heterocycles. The Labute approximate surface area is 70.1 Å². The molecule has 0 radical (unpaired) electrons. The highest BCUT2D eigenvalue weighted by atomic mass is 35.5. The quantitative estimate of drug-likeness (QED) is 0.422. The molecule has 0 fully saturated rings. The van der Waals surface area contributed by atoms with Crippen LogP contribution in [0.15, 0.2) is 34.8 Å². The smallest absolute Gasteiger partial charge is 0.100 e. The number of hydrogen-bond acceptors (Lipinski definition) is 0. The molecule has 0 amide bonds. The van der Waals surface area contributed by atoms with Crippen LogP contribution in [0, 0.1) is 0 Å². The topological polar surface area (TPSA) is 0 Å². The van der Waals surface area contributed by atoms with Crippen LogP contribution in [0.5, 0.6) is 0 Å². The lowest BCUT2D eigenvalue weighted by molar-refractivity contribution is 1.38. The van der Waals surface area contributed by atoms with E-state index in [0.717, 1.165) is 11.1 Å². The number of hydrogen-bond donors (Lipinski definition) is 0. The molecule has 10 heavy (non-hydrogen) atoms. The Balaban J connectivity index is 2.92. The molecule has 0 bridgehead atoms. The largest absolute Gasteiger partial charge is 0.133 e. The van der Waals surface area contributed by atoms with Gasteiger partial charge in [0.2, 0.25) is 0 Å². The van der Waals surface area contributed by atoms with Gasteiger partial charge in [0.25, 0.3) is 0 Å². The van der Waals surface area contributed by atoms with Crippen molar-refractivity contribution in [2.24, 2.45) is 0 Å². The molecule has 0 aromatic rings. The van der Waals surface area contributed by atoms with Gasteiger partial charge in [0.05, 0.1) is 0 Å². The van der Waals surface area contributed by atoms with Crippen molar-refractivity contribution in [3.63, 3.8) is 0 Å². The first-order chi connectivity index (χ1) is 4.70. The molecule has 52 valence electrons. The first-order valence-corrected chi connectivity index (χ1v) is 3.75. The van der Waals surface area contributed by atoms with Gasteiger partial charge in [0.1, 0.15) is 4.84 Å². The third-order valence-corrected chi connectivity index (χ3v) is 1.65. The van der Waals surface area contributed by atoms with E-state index in [4.69, 9.17) is 23.2 Å². The molecule has 0 nitrogen and oxygen atoms in total. The fourth-order valence-corrected chi connectivity index (χ4v) is 0.939. The molecule has 2 heteroatoms. The first-order valence-electron chi connectivity index (χ1n) is 2.88. The van der Waals surface area contributed by atoms with Gasteiger partial charge in [0, 0.05) is 0 Å².